The van der Waals surface area contributed by atoms with Crippen molar-refractivity contribution in [3.05, 3.63) is 52.5 Å². The van der Waals surface area contributed by atoms with Gasteiger partial charge in [0.05, 0.1) is 7.11 Å². The number of nitrogens with one attached hydrogen (secondary N) is 1. The minimum absolute atomic E-state index is 0.0408. The molecule has 0 saturated heterocycles. The van der Waals surface area contributed by atoms with Crippen LogP contribution in [-0.4, -0.2) is 27.4 Å². The van der Waals surface area contributed by atoms with Gasteiger partial charge in [0, 0.05) is 22.7 Å². The molecule has 2 rings (SSSR count). The highest BCUT2D eigenvalue weighted by Gasteiger charge is 2.20. The van der Waals surface area contributed by atoms with Crippen LogP contribution in [0.4, 0.5) is 0 Å². The van der Waals surface area contributed by atoms with E-state index in [-0.39, 0.29) is 5.41 Å². The van der Waals surface area contributed by atoms with Gasteiger partial charge in [-0.1, -0.05) is 32.4 Å². The molecule has 0 aliphatic heterocycles. The van der Waals surface area contributed by atoms with E-state index in [1.54, 1.807) is 7.11 Å². The van der Waals surface area contributed by atoms with Crippen LogP contribution in [0.5, 0.6) is 17.2 Å². The maximum absolute atomic E-state index is 6.06. The Morgan fingerprint density at radius 3 is 2.23 bits per heavy atom. The van der Waals surface area contributed by atoms with Gasteiger partial charge in [-0.2, -0.15) is 0 Å². The molecule has 142 valence electrons. The molecule has 0 spiro atoms. The minimum atomic E-state index is -0.0408. The van der Waals surface area contributed by atoms with E-state index in [0.717, 1.165) is 28.4 Å². The fraction of sp³-hybridized carbons (Fsp3) is 0.429. The van der Waals surface area contributed by atoms with Crippen molar-refractivity contribution in [3.8, 4) is 17.2 Å². The summed E-state index contributed by atoms with van der Waals surface area (Å²) in [4.78, 5) is 0. The van der Waals surface area contributed by atoms with E-state index in [4.69, 9.17) is 25.8 Å². The molecular weight excluding hydrogens is 350 g/mol. The van der Waals surface area contributed by atoms with Gasteiger partial charge in [0.2, 0.25) is 0 Å². The van der Waals surface area contributed by atoms with Crippen LogP contribution in [0.15, 0.2) is 36.4 Å². The van der Waals surface area contributed by atoms with Gasteiger partial charge < -0.3 is 19.5 Å². The number of benzene rings is 2. The Morgan fingerprint density at radius 1 is 0.962 bits per heavy atom. The average molecular weight is 378 g/mol. The van der Waals surface area contributed by atoms with Gasteiger partial charge in [-0.25, -0.2) is 0 Å². The second kappa shape index (κ2) is 9.15. The van der Waals surface area contributed by atoms with E-state index in [2.05, 4.69) is 26.1 Å². The van der Waals surface area contributed by atoms with Gasteiger partial charge in [-0.3, -0.25) is 0 Å². The molecule has 0 bridgehead atoms. The molecule has 0 aromatic heterocycles. The standard InChI is InChI=1S/C21H28ClNO3/c1-21(2,3)18-13-17(24-5)7-9-20(18)26-11-10-25-19-8-6-16(22)12-15(19)14-23-4/h6-9,12-13,23H,10-11,14H2,1-5H3. The Balaban J connectivity index is 2.01. The molecular formula is C21H28ClNO3. The lowest BCUT2D eigenvalue weighted by molar-refractivity contribution is 0.212. The number of methoxy groups -OCH3 is 1. The summed E-state index contributed by atoms with van der Waals surface area (Å²) in [6.07, 6.45) is 0. The van der Waals surface area contributed by atoms with Gasteiger partial charge >= 0.3 is 0 Å². The third-order valence-electron chi connectivity index (χ3n) is 3.98. The molecule has 0 radical (unpaired) electrons. The summed E-state index contributed by atoms with van der Waals surface area (Å²) in [5.41, 5.74) is 2.10. The van der Waals surface area contributed by atoms with Crippen molar-refractivity contribution in [1.29, 1.82) is 0 Å². The van der Waals surface area contributed by atoms with Crippen molar-refractivity contribution in [2.24, 2.45) is 0 Å². The van der Waals surface area contributed by atoms with Gasteiger partial charge in [0.1, 0.15) is 30.5 Å². The van der Waals surface area contributed by atoms with Gasteiger partial charge in [-0.05, 0) is 48.9 Å². The first-order valence-electron chi connectivity index (χ1n) is 8.72. The molecule has 0 aliphatic rings. The smallest absolute Gasteiger partial charge is 0.124 e. The van der Waals surface area contributed by atoms with E-state index in [1.165, 1.54) is 0 Å². The van der Waals surface area contributed by atoms with Crippen molar-refractivity contribution in [3.63, 3.8) is 0 Å². The maximum Gasteiger partial charge on any atom is 0.124 e. The molecule has 26 heavy (non-hydrogen) atoms. The molecule has 0 amide bonds. The molecule has 0 atom stereocenters. The zero-order valence-electron chi connectivity index (χ0n) is 16.2. The van der Waals surface area contributed by atoms with Crippen molar-refractivity contribution in [2.75, 3.05) is 27.4 Å². The van der Waals surface area contributed by atoms with Crippen LogP contribution >= 0.6 is 11.6 Å². The molecule has 0 saturated carbocycles. The van der Waals surface area contributed by atoms with Crippen LogP contribution in [-0.2, 0) is 12.0 Å². The highest BCUT2D eigenvalue weighted by atomic mass is 35.5. The summed E-state index contributed by atoms with van der Waals surface area (Å²) in [7, 11) is 3.57. The van der Waals surface area contributed by atoms with Crippen LogP contribution in [0.3, 0.4) is 0 Å². The third-order valence-corrected chi connectivity index (χ3v) is 4.22. The summed E-state index contributed by atoms with van der Waals surface area (Å²) in [5.74, 6) is 2.50. The SMILES string of the molecule is CNCc1cc(Cl)ccc1OCCOc1ccc(OC)cc1C(C)(C)C. The molecule has 5 heteroatoms. The normalized spacial score (nSPS) is 11.3. The number of hydrogen-bond acceptors (Lipinski definition) is 4. The minimum Gasteiger partial charge on any atom is -0.497 e. The molecule has 0 unspecified atom stereocenters. The van der Waals surface area contributed by atoms with Crippen LogP contribution in [0.2, 0.25) is 5.02 Å². The Labute approximate surface area is 161 Å². The summed E-state index contributed by atoms with van der Waals surface area (Å²) >= 11 is 6.06. The van der Waals surface area contributed by atoms with E-state index >= 15 is 0 Å². The third kappa shape index (κ3) is 5.55. The van der Waals surface area contributed by atoms with E-state index in [1.807, 2.05) is 43.4 Å². The Kier molecular flexibility index (Phi) is 7.18. The number of rotatable bonds is 8. The lowest BCUT2D eigenvalue weighted by atomic mass is 9.86. The Bertz CT molecular complexity index is 726. The van der Waals surface area contributed by atoms with Crippen LogP contribution < -0.4 is 19.5 Å². The molecule has 2 aromatic carbocycles. The number of halogens is 1. The molecule has 2 aromatic rings. The van der Waals surface area contributed by atoms with Gasteiger partial charge in [0.15, 0.2) is 0 Å². The Morgan fingerprint density at radius 2 is 1.62 bits per heavy atom. The monoisotopic (exact) mass is 377 g/mol. The summed E-state index contributed by atoms with van der Waals surface area (Å²) in [6.45, 7) is 8.07. The van der Waals surface area contributed by atoms with Crippen molar-refractivity contribution >= 4 is 11.6 Å². The van der Waals surface area contributed by atoms with E-state index < -0.39 is 0 Å². The average Bonchev–Trinajstić information content (AvgIpc) is 2.59. The van der Waals surface area contributed by atoms with Gasteiger partial charge in [-0.15, -0.1) is 0 Å². The summed E-state index contributed by atoms with van der Waals surface area (Å²) in [5, 5.41) is 3.82. The number of hydrogen-bond donors (Lipinski definition) is 1. The quantitative estimate of drug-likeness (QED) is 0.669. The second-order valence-electron chi connectivity index (χ2n) is 7.09. The molecule has 0 heterocycles. The van der Waals surface area contributed by atoms with Crippen LogP contribution in [0.25, 0.3) is 0 Å². The molecule has 1 N–H and O–H groups in total. The summed E-state index contributed by atoms with van der Waals surface area (Å²) < 4.78 is 17.2. The van der Waals surface area contributed by atoms with Crippen LogP contribution in [0, 0.1) is 0 Å². The Hall–Kier alpha value is -1.91. The highest BCUT2D eigenvalue weighted by Crippen LogP contribution is 2.34. The first-order chi connectivity index (χ1) is 12.3. The van der Waals surface area contributed by atoms with Crippen molar-refractivity contribution in [1.82, 2.24) is 5.32 Å². The predicted molar refractivity (Wildman–Crippen MR) is 107 cm³/mol. The fourth-order valence-corrected chi connectivity index (χ4v) is 2.86. The summed E-state index contributed by atoms with van der Waals surface area (Å²) in [6, 6.07) is 11.5. The lowest BCUT2D eigenvalue weighted by Crippen LogP contribution is -2.16. The molecule has 0 fully saturated rings. The van der Waals surface area contributed by atoms with E-state index in [0.29, 0.717) is 24.8 Å². The van der Waals surface area contributed by atoms with Crippen molar-refractivity contribution < 1.29 is 14.2 Å². The fourth-order valence-electron chi connectivity index (χ4n) is 2.67. The van der Waals surface area contributed by atoms with Crippen LogP contribution in [0.1, 0.15) is 31.9 Å². The van der Waals surface area contributed by atoms with Gasteiger partial charge in [0.25, 0.3) is 0 Å². The second-order valence-corrected chi connectivity index (χ2v) is 7.53. The first-order valence-corrected chi connectivity index (χ1v) is 9.10. The van der Waals surface area contributed by atoms with E-state index in [9.17, 15) is 0 Å². The zero-order valence-corrected chi connectivity index (χ0v) is 16.9. The lowest BCUT2D eigenvalue weighted by Gasteiger charge is -2.23. The number of ether oxygens (including phenoxy) is 3. The first kappa shape index (κ1) is 20.4. The predicted octanol–water partition coefficient (Wildman–Crippen LogP) is 4.82. The maximum atomic E-state index is 6.06. The topological polar surface area (TPSA) is 39.7 Å². The zero-order chi connectivity index (χ0) is 19.2. The molecule has 0 aliphatic carbocycles. The highest BCUT2D eigenvalue weighted by molar-refractivity contribution is 6.30. The largest absolute Gasteiger partial charge is 0.497 e. The van der Waals surface area contributed by atoms with Crippen molar-refractivity contribution in [2.45, 2.75) is 32.7 Å². The molecule has 4 nitrogen and oxygen atoms in total.